The van der Waals surface area contributed by atoms with Crippen LogP contribution in [0.3, 0.4) is 0 Å². The highest BCUT2D eigenvalue weighted by molar-refractivity contribution is 5.86. The van der Waals surface area contributed by atoms with Crippen molar-refractivity contribution in [3.63, 3.8) is 0 Å². The number of imidazole rings is 1. The van der Waals surface area contributed by atoms with Crippen LogP contribution < -0.4 is 11.1 Å². The molecule has 0 saturated carbocycles. The number of hydrogen-bond donors (Lipinski definition) is 3. The van der Waals surface area contributed by atoms with E-state index < -0.39 is 0 Å². The first kappa shape index (κ1) is 31.8. The van der Waals surface area contributed by atoms with Crippen LogP contribution in [0.15, 0.2) is 18.2 Å². The van der Waals surface area contributed by atoms with E-state index in [1.54, 1.807) is 6.07 Å². The number of rotatable bonds is 6. The van der Waals surface area contributed by atoms with Gasteiger partial charge in [-0.1, -0.05) is 6.08 Å². The van der Waals surface area contributed by atoms with Gasteiger partial charge in [-0.2, -0.15) is 0 Å². The first-order chi connectivity index (χ1) is 14.0. The molecular formula is C22H36Cl4N6O. The third-order valence-electron chi connectivity index (χ3n) is 6.04. The predicted octanol–water partition coefficient (Wildman–Crippen LogP) is 4.21. The molecule has 1 fully saturated rings. The van der Waals surface area contributed by atoms with E-state index in [0.29, 0.717) is 24.8 Å². The first-order valence-corrected chi connectivity index (χ1v) is 10.7. The number of aromatic hydroxyl groups is 1. The van der Waals surface area contributed by atoms with E-state index in [0.717, 1.165) is 62.7 Å². The van der Waals surface area contributed by atoms with Crippen molar-refractivity contribution in [1.29, 1.82) is 0 Å². The molecule has 0 spiro atoms. The summed E-state index contributed by atoms with van der Waals surface area (Å²) in [4.78, 5) is 12.0. The molecule has 0 unspecified atom stereocenters. The highest BCUT2D eigenvalue weighted by atomic mass is 35.5. The fraction of sp³-hybridized carbons (Fsp3) is 0.545. The summed E-state index contributed by atoms with van der Waals surface area (Å²) < 4.78 is 2.22. The highest BCUT2D eigenvalue weighted by Crippen LogP contribution is 2.31. The molecule has 2 aromatic heterocycles. The lowest BCUT2D eigenvalue weighted by Crippen LogP contribution is -2.41. The summed E-state index contributed by atoms with van der Waals surface area (Å²) >= 11 is 0. The van der Waals surface area contributed by atoms with Gasteiger partial charge in [0.25, 0.3) is 0 Å². The van der Waals surface area contributed by atoms with E-state index in [4.69, 9.17) is 10.7 Å². The van der Waals surface area contributed by atoms with Gasteiger partial charge < -0.3 is 25.6 Å². The summed E-state index contributed by atoms with van der Waals surface area (Å²) in [5, 5.41) is 14.0. The number of anilines is 1. The molecule has 11 heteroatoms. The molecule has 2 aliphatic rings. The predicted molar refractivity (Wildman–Crippen MR) is 145 cm³/mol. The highest BCUT2D eigenvalue weighted by Gasteiger charge is 2.25. The number of aromatic nitrogens is 3. The molecule has 4 rings (SSSR count). The van der Waals surface area contributed by atoms with Gasteiger partial charge in [-0.3, -0.25) is 4.98 Å². The van der Waals surface area contributed by atoms with Crippen LogP contribution in [0, 0.1) is 6.92 Å². The second kappa shape index (κ2) is 14.2. The third kappa shape index (κ3) is 7.38. The van der Waals surface area contributed by atoms with Crippen molar-refractivity contribution in [2.24, 2.45) is 5.73 Å². The van der Waals surface area contributed by atoms with Gasteiger partial charge in [0, 0.05) is 43.6 Å². The number of allylic oxidation sites excluding steroid dienone is 2. The summed E-state index contributed by atoms with van der Waals surface area (Å²) in [6, 6.07) is 3.96. The van der Waals surface area contributed by atoms with Crippen LogP contribution >= 0.6 is 49.6 Å². The molecular weight excluding hydrogens is 506 g/mol. The summed E-state index contributed by atoms with van der Waals surface area (Å²) in [5.74, 6) is 1.13. The van der Waals surface area contributed by atoms with Gasteiger partial charge in [-0.25, -0.2) is 4.98 Å². The molecule has 0 radical (unpaired) electrons. The van der Waals surface area contributed by atoms with Gasteiger partial charge in [0.05, 0.1) is 12.2 Å². The Labute approximate surface area is 221 Å². The van der Waals surface area contributed by atoms with Crippen molar-refractivity contribution in [2.45, 2.75) is 52.1 Å². The standard InChI is InChI=1S/C22H32N6O.4ClH/c1-15-4-3-5-19-21(15)26-22(25-17-8-11-27(12-9-17)13-10-23)28(19)14-18-20(29)7-6-16(2)24-18;;;;/h4,6-7,17,29H,3,5,8-14,23H2,1-2H3,(H,25,26);4*1H. The summed E-state index contributed by atoms with van der Waals surface area (Å²) in [6.45, 7) is 8.42. The van der Waals surface area contributed by atoms with Crippen LogP contribution in [0.5, 0.6) is 5.75 Å². The van der Waals surface area contributed by atoms with Crippen molar-refractivity contribution >= 4 is 61.1 Å². The fourth-order valence-electron chi connectivity index (χ4n) is 4.39. The number of halogens is 4. The molecule has 1 aliphatic heterocycles. The molecule has 0 bridgehead atoms. The van der Waals surface area contributed by atoms with E-state index in [1.165, 1.54) is 11.3 Å². The monoisotopic (exact) mass is 540 g/mol. The zero-order chi connectivity index (χ0) is 20.4. The zero-order valence-corrected chi connectivity index (χ0v) is 22.4. The minimum atomic E-state index is 0. The Morgan fingerprint density at radius 2 is 1.79 bits per heavy atom. The Kier molecular flexibility index (Phi) is 13.7. The fourth-order valence-corrected chi connectivity index (χ4v) is 4.39. The molecule has 188 valence electrons. The number of pyridine rings is 1. The number of nitrogens with one attached hydrogen (secondary N) is 1. The quantitative estimate of drug-likeness (QED) is 0.507. The first-order valence-electron chi connectivity index (χ1n) is 10.7. The molecule has 33 heavy (non-hydrogen) atoms. The average molecular weight is 542 g/mol. The van der Waals surface area contributed by atoms with Crippen LogP contribution in [-0.4, -0.2) is 56.8 Å². The van der Waals surface area contributed by atoms with Gasteiger partial charge in [-0.15, -0.1) is 49.6 Å². The molecule has 0 amide bonds. The Bertz CT molecular complexity index is 913. The van der Waals surface area contributed by atoms with Crippen LogP contribution in [0.25, 0.3) is 5.57 Å². The van der Waals surface area contributed by atoms with Crippen LogP contribution in [-0.2, 0) is 13.0 Å². The second-order valence-electron chi connectivity index (χ2n) is 8.21. The van der Waals surface area contributed by atoms with E-state index in [2.05, 4.69) is 32.8 Å². The number of aryl methyl sites for hydroxylation is 1. The molecule has 1 saturated heterocycles. The van der Waals surface area contributed by atoms with Gasteiger partial charge in [-0.05, 0) is 57.2 Å². The topological polar surface area (TPSA) is 92.2 Å². The summed E-state index contributed by atoms with van der Waals surface area (Å²) in [5.41, 5.74) is 10.8. The Balaban J connectivity index is 0.00000256. The minimum Gasteiger partial charge on any atom is -0.506 e. The number of fused-ring (bicyclic) bond motifs is 1. The number of nitrogens with two attached hydrogens (primary N) is 1. The number of likely N-dealkylation sites (tertiary alicyclic amines) is 1. The summed E-state index contributed by atoms with van der Waals surface area (Å²) in [7, 11) is 0. The number of hydrogen-bond acceptors (Lipinski definition) is 6. The molecule has 2 aromatic rings. The third-order valence-corrected chi connectivity index (χ3v) is 6.04. The maximum Gasteiger partial charge on any atom is 0.204 e. The Morgan fingerprint density at radius 3 is 2.45 bits per heavy atom. The Morgan fingerprint density at radius 1 is 1.09 bits per heavy atom. The lowest BCUT2D eigenvalue weighted by atomic mass is 10.0. The van der Waals surface area contributed by atoms with Gasteiger partial charge in [0.2, 0.25) is 5.95 Å². The van der Waals surface area contributed by atoms with Crippen molar-refractivity contribution in [2.75, 3.05) is 31.5 Å². The van der Waals surface area contributed by atoms with Crippen LogP contribution in [0.2, 0.25) is 0 Å². The lowest BCUT2D eigenvalue weighted by molar-refractivity contribution is 0.224. The van der Waals surface area contributed by atoms with E-state index in [1.807, 2.05) is 13.0 Å². The normalized spacial score (nSPS) is 15.7. The largest absolute Gasteiger partial charge is 0.506 e. The van der Waals surface area contributed by atoms with Gasteiger partial charge >= 0.3 is 0 Å². The van der Waals surface area contributed by atoms with Gasteiger partial charge in [0.15, 0.2) is 0 Å². The van der Waals surface area contributed by atoms with E-state index in [-0.39, 0.29) is 55.4 Å². The molecule has 4 N–H and O–H groups in total. The van der Waals surface area contributed by atoms with Crippen LogP contribution in [0.1, 0.15) is 49.0 Å². The molecule has 1 aliphatic carbocycles. The Hall–Kier alpha value is -1.22. The average Bonchev–Trinajstić information content (AvgIpc) is 3.05. The molecule has 3 heterocycles. The molecule has 7 nitrogen and oxygen atoms in total. The van der Waals surface area contributed by atoms with Crippen molar-refractivity contribution in [3.05, 3.63) is 41.0 Å². The van der Waals surface area contributed by atoms with E-state index in [9.17, 15) is 5.11 Å². The number of nitrogens with zero attached hydrogens (tertiary/aromatic N) is 4. The SMILES string of the molecule is CC1=CCCc2c1nc(NC1CCN(CCN)CC1)n2Cc1nc(C)ccc1O.Cl.Cl.Cl.Cl. The maximum atomic E-state index is 10.3. The number of piperidine rings is 1. The van der Waals surface area contributed by atoms with Crippen molar-refractivity contribution in [3.8, 4) is 5.75 Å². The maximum absolute atomic E-state index is 10.3. The molecule has 0 atom stereocenters. The molecule has 0 aromatic carbocycles. The van der Waals surface area contributed by atoms with Crippen molar-refractivity contribution < 1.29 is 5.11 Å². The summed E-state index contributed by atoms with van der Waals surface area (Å²) in [6.07, 6.45) is 6.41. The lowest BCUT2D eigenvalue weighted by Gasteiger charge is -2.32. The smallest absolute Gasteiger partial charge is 0.204 e. The second-order valence-corrected chi connectivity index (χ2v) is 8.21. The van der Waals surface area contributed by atoms with E-state index >= 15 is 0 Å². The van der Waals surface area contributed by atoms with Gasteiger partial charge in [0.1, 0.15) is 11.4 Å². The van der Waals surface area contributed by atoms with Crippen molar-refractivity contribution in [1.82, 2.24) is 19.4 Å². The zero-order valence-electron chi connectivity index (χ0n) is 19.1. The van der Waals surface area contributed by atoms with Crippen LogP contribution in [0.4, 0.5) is 5.95 Å². The minimum absolute atomic E-state index is 0.